The van der Waals surface area contributed by atoms with Gasteiger partial charge in [-0.25, -0.2) is 4.98 Å². The Kier molecular flexibility index (Phi) is 3.67. The number of nitrogens with one attached hydrogen (secondary N) is 1. The van der Waals surface area contributed by atoms with E-state index >= 15 is 0 Å². The summed E-state index contributed by atoms with van der Waals surface area (Å²) in [6.45, 7) is 1.82. The van der Waals surface area contributed by atoms with E-state index in [0.717, 1.165) is 5.69 Å². The van der Waals surface area contributed by atoms with Gasteiger partial charge in [0.15, 0.2) is 0 Å². The van der Waals surface area contributed by atoms with Crippen molar-refractivity contribution in [1.82, 2.24) is 4.98 Å². The molecule has 78 valence electrons. The third kappa shape index (κ3) is 2.86. The highest BCUT2D eigenvalue weighted by Gasteiger charge is 2.02. The van der Waals surface area contributed by atoms with Crippen molar-refractivity contribution in [3.8, 4) is 0 Å². The molecule has 0 aromatic carbocycles. The fourth-order valence-electron chi connectivity index (χ4n) is 0.957. The molecule has 5 nitrogen and oxygen atoms in total. The molecule has 1 atom stereocenters. The summed E-state index contributed by atoms with van der Waals surface area (Å²) in [5, 5.41) is 20.5. The Morgan fingerprint density at radius 1 is 1.57 bits per heavy atom. The lowest BCUT2D eigenvalue weighted by molar-refractivity contribution is 0.105. The van der Waals surface area contributed by atoms with Crippen molar-refractivity contribution in [2.24, 2.45) is 0 Å². The molecule has 1 heterocycles. The fraction of sp³-hybridized carbons (Fsp3) is 0.444. The summed E-state index contributed by atoms with van der Waals surface area (Å²) in [5.41, 5.74) is 6.97. The molecule has 14 heavy (non-hydrogen) atoms. The first-order valence-electron chi connectivity index (χ1n) is 4.39. The Balaban J connectivity index is 2.55. The van der Waals surface area contributed by atoms with Gasteiger partial charge in [-0.15, -0.1) is 0 Å². The normalized spacial score (nSPS) is 12.5. The molecule has 1 rings (SSSR count). The second-order valence-corrected chi connectivity index (χ2v) is 3.09. The number of pyridine rings is 1. The molecular weight excluding hydrogens is 182 g/mol. The van der Waals surface area contributed by atoms with Crippen LogP contribution in [0.25, 0.3) is 0 Å². The molecule has 0 aliphatic rings. The van der Waals surface area contributed by atoms with Crippen molar-refractivity contribution in [3.63, 3.8) is 0 Å². The number of nitrogen functional groups attached to an aromatic ring is 1. The van der Waals surface area contributed by atoms with E-state index in [9.17, 15) is 0 Å². The first-order valence-corrected chi connectivity index (χ1v) is 4.39. The topological polar surface area (TPSA) is 91.4 Å². The van der Waals surface area contributed by atoms with Crippen LogP contribution in [0.1, 0.15) is 5.69 Å². The summed E-state index contributed by atoms with van der Waals surface area (Å²) in [6.07, 6.45) is -0.769. The van der Waals surface area contributed by atoms with Gasteiger partial charge >= 0.3 is 0 Å². The predicted octanol–water partition coefficient (Wildman–Crippen LogP) is -0.263. The third-order valence-corrected chi connectivity index (χ3v) is 1.86. The van der Waals surface area contributed by atoms with Crippen LogP contribution in [0.2, 0.25) is 0 Å². The first kappa shape index (κ1) is 10.7. The maximum absolute atomic E-state index is 9.08. The maximum atomic E-state index is 9.08. The lowest BCUT2D eigenvalue weighted by Gasteiger charge is -2.10. The number of aryl methyl sites for hydroxylation is 1. The predicted molar refractivity (Wildman–Crippen MR) is 55.0 cm³/mol. The van der Waals surface area contributed by atoms with Crippen molar-refractivity contribution in [2.45, 2.75) is 13.0 Å². The summed E-state index contributed by atoms with van der Waals surface area (Å²) < 4.78 is 0. The number of anilines is 2. The molecule has 0 saturated heterocycles. The number of hydrogen-bond donors (Lipinski definition) is 4. The van der Waals surface area contributed by atoms with Crippen LogP contribution in [0.4, 0.5) is 11.5 Å². The molecule has 5 heteroatoms. The summed E-state index contributed by atoms with van der Waals surface area (Å²) in [5.74, 6) is 0.643. The average molecular weight is 197 g/mol. The van der Waals surface area contributed by atoms with Gasteiger partial charge in [-0.1, -0.05) is 0 Å². The largest absolute Gasteiger partial charge is 0.397 e. The Morgan fingerprint density at radius 3 is 2.86 bits per heavy atom. The third-order valence-electron chi connectivity index (χ3n) is 1.86. The van der Waals surface area contributed by atoms with Crippen LogP contribution >= 0.6 is 0 Å². The molecule has 0 saturated carbocycles. The standard InChI is InChI=1S/C9H15N3O2/c1-6-8(10)2-3-9(12-6)11-4-7(14)5-13/h2-3,7,13-14H,4-5,10H2,1H3,(H,11,12). The minimum atomic E-state index is -0.769. The summed E-state index contributed by atoms with van der Waals surface area (Å²) >= 11 is 0. The smallest absolute Gasteiger partial charge is 0.126 e. The summed E-state index contributed by atoms with van der Waals surface area (Å²) in [6, 6.07) is 3.47. The van der Waals surface area contributed by atoms with Gasteiger partial charge in [0.1, 0.15) is 5.82 Å². The van der Waals surface area contributed by atoms with Crippen molar-refractivity contribution < 1.29 is 10.2 Å². The summed E-state index contributed by atoms with van der Waals surface area (Å²) in [7, 11) is 0. The van der Waals surface area contributed by atoms with Crippen molar-refractivity contribution in [2.75, 3.05) is 24.2 Å². The van der Waals surface area contributed by atoms with Crippen LogP contribution in [0, 0.1) is 6.92 Å². The van der Waals surface area contributed by atoms with Gasteiger partial charge in [0, 0.05) is 6.54 Å². The molecule has 0 aliphatic carbocycles. The molecule has 5 N–H and O–H groups in total. The van der Waals surface area contributed by atoms with E-state index in [2.05, 4.69) is 10.3 Å². The molecular formula is C9H15N3O2. The van der Waals surface area contributed by atoms with E-state index < -0.39 is 6.10 Å². The number of aromatic nitrogens is 1. The SMILES string of the molecule is Cc1nc(NCC(O)CO)ccc1N. The molecule has 0 radical (unpaired) electrons. The van der Waals surface area contributed by atoms with Crippen LogP contribution in [0.15, 0.2) is 12.1 Å². The van der Waals surface area contributed by atoms with Gasteiger partial charge in [0.2, 0.25) is 0 Å². The van der Waals surface area contributed by atoms with Crippen LogP contribution in [0.3, 0.4) is 0 Å². The van der Waals surface area contributed by atoms with Gasteiger partial charge < -0.3 is 21.3 Å². The second-order valence-electron chi connectivity index (χ2n) is 3.09. The zero-order chi connectivity index (χ0) is 10.6. The van der Waals surface area contributed by atoms with Crippen LogP contribution in [-0.4, -0.2) is 34.5 Å². The van der Waals surface area contributed by atoms with E-state index in [1.807, 2.05) is 6.92 Å². The number of rotatable bonds is 4. The highest BCUT2D eigenvalue weighted by Crippen LogP contribution is 2.11. The van der Waals surface area contributed by atoms with Crippen molar-refractivity contribution in [3.05, 3.63) is 17.8 Å². The van der Waals surface area contributed by atoms with Crippen LogP contribution in [0.5, 0.6) is 0 Å². The van der Waals surface area contributed by atoms with E-state index in [1.54, 1.807) is 12.1 Å². The van der Waals surface area contributed by atoms with Crippen LogP contribution in [-0.2, 0) is 0 Å². The molecule has 0 aliphatic heterocycles. The van der Waals surface area contributed by atoms with Gasteiger partial charge in [0.25, 0.3) is 0 Å². The molecule has 0 amide bonds. The van der Waals surface area contributed by atoms with E-state index in [-0.39, 0.29) is 13.2 Å². The number of aliphatic hydroxyl groups is 2. The van der Waals surface area contributed by atoms with E-state index in [4.69, 9.17) is 15.9 Å². The lowest BCUT2D eigenvalue weighted by atomic mass is 10.3. The molecule has 0 bridgehead atoms. The second kappa shape index (κ2) is 4.78. The van der Waals surface area contributed by atoms with E-state index in [1.165, 1.54) is 0 Å². The number of aliphatic hydroxyl groups excluding tert-OH is 2. The molecule has 1 unspecified atom stereocenters. The maximum Gasteiger partial charge on any atom is 0.126 e. The number of nitrogens with two attached hydrogens (primary N) is 1. The molecule has 1 aromatic heterocycles. The lowest BCUT2D eigenvalue weighted by Crippen LogP contribution is -2.23. The van der Waals surface area contributed by atoms with Gasteiger partial charge in [-0.2, -0.15) is 0 Å². The monoisotopic (exact) mass is 197 g/mol. The first-order chi connectivity index (χ1) is 6.63. The number of nitrogens with zero attached hydrogens (tertiary/aromatic N) is 1. The van der Waals surface area contributed by atoms with Crippen LogP contribution < -0.4 is 11.1 Å². The van der Waals surface area contributed by atoms with Crippen molar-refractivity contribution in [1.29, 1.82) is 0 Å². The highest BCUT2D eigenvalue weighted by molar-refractivity contribution is 5.48. The average Bonchev–Trinajstić information content (AvgIpc) is 2.19. The van der Waals surface area contributed by atoms with Crippen molar-refractivity contribution >= 4 is 11.5 Å². The number of hydrogen-bond acceptors (Lipinski definition) is 5. The summed E-state index contributed by atoms with van der Waals surface area (Å²) in [4.78, 5) is 4.15. The zero-order valence-corrected chi connectivity index (χ0v) is 8.07. The Bertz CT molecular complexity index is 304. The van der Waals surface area contributed by atoms with Gasteiger partial charge in [-0.3, -0.25) is 0 Å². The zero-order valence-electron chi connectivity index (χ0n) is 8.07. The minimum Gasteiger partial charge on any atom is -0.397 e. The van der Waals surface area contributed by atoms with Gasteiger partial charge in [0.05, 0.1) is 24.1 Å². The minimum absolute atomic E-state index is 0.263. The molecule has 0 spiro atoms. The quantitative estimate of drug-likeness (QED) is 0.533. The molecule has 0 fully saturated rings. The Hall–Kier alpha value is -1.33. The molecule has 1 aromatic rings. The van der Waals surface area contributed by atoms with Gasteiger partial charge in [-0.05, 0) is 19.1 Å². The Morgan fingerprint density at radius 2 is 2.29 bits per heavy atom. The fourth-order valence-corrected chi connectivity index (χ4v) is 0.957. The highest BCUT2D eigenvalue weighted by atomic mass is 16.3. The van der Waals surface area contributed by atoms with E-state index in [0.29, 0.717) is 11.5 Å². The Labute approximate surface area is 82.6 Å².